The van der Waals surface area contributed by atoms with Crippen molar-refractivity contribution in [3.8, 4) is 0 Å². The van der Waals surface area contributed by atoms with Crippen LogP contribution in [0.15, 0.2) is 0 Å². The van der Waals surface area contributed by atoms with Crippen molar-refractivity contribution in [1.82, 2.24) is 0 Å². The molecule has 1 aliphatic rings. The van der Waals surface area contributed by atoms with E-state index < -0.39 is 0 Å². The summed E-state index contributed by atoms with van der Waals surface area (Å²) in [5.41, 5.74) is -0.0278. The first-order chi connectivity index (χ1) is 3.70. The second-order valence-electron chi connectivity index (χ2n) is 2.46. The van der Waals surface area contributed by atoms with Gasteiger partial charge in [0, 0.05) is 0 Å². The molecule has 0 aliphatic carbocycles. The Morgan fingerprint density at radius 1 is 1.50 bits per heavy atom. The van der Waals surface area contributed by atoms with Crippen LogP contribution in [0.2, 0.25) is 0 Å². The highest BCUT2D eigenvalue weighted by Gasteiger charge is 2.26. The number of halogens is 1. The first-order valence-corrected chi connectivity index (χ1v) is 3.43. The van der Waals surface area contributed by atoms with E-state index >= 15 is 0 Å². The summed E-state index contributed by atoms with van der Waals surface area (Å²) in [4.78, 5) is 0. The molecule has 0 spiro atoms. The molecular formula is C6H11ClO. The van der Waals surface area contributed by atoms with E-state index in [0.717, 1.165) is 6.42 Å². The Kier molecular flexibility index (Phi) is 1.78. The summed E-state index contributed by atoms with van der Waals surface area (Å²) in [6.45, 7) is 4.22. The third-order valence-electron chi connectivity index (χ3n) is 1.72. The van der Waals surface area contributed by atoms with E-state index in [1.54, 1.807) is 0 Å². The molecule has 1 heterocycles. The molecule has 1 unspecified atom stereocenters. The molecule has 0 aromatic heterocycles. The summed E-state index contributed by atoms with van der Waals surface area (Å²) in [7, 11) is 0. The van der Waals surface area contributed by atoms with E-state index in [4.69, 9.17) is 16.3 Å². The van der Waals surface area contributed by atoms with Crippen LogP contribution in [0.3, 0.4) is 0 Å². The quantitative estimate of drug-likeness (QED) is 0.461. The van der Waals surface area contributed by atoms with Crippen molar-refractivity contribution in [2.75, 3.05) is 0 Å². The predicted molar refractivity (Wildman–Crippen MR) is 34.0 cm³/mol. The van der Waals surface area contributed by atoms with Gasteiger partial charge < -0.3 is 4.74 Å². The van der Waals surface area contributed by atoms with Crippen molar-refractivity contribution in [2.45, 2.75) is 31.9 Å². The largest absolute Gasteiger partial charge is 0.359 e. The Morgan fingerprint density at radius 2 is 2.12 bits per heavy atom. The maximum Gasteiger partial charge on any atom is 0.131 e. The third-order valence-corrected chi connectivity index (χ3v) is 2.00. The Bertz CT molecular complexity index is 74.6. The van der Waals surface area contributed by atoms with Crippen LogP contribution in [0.4, 0.5) is 0 Å². The average Bonchev–Trinajstić information content (AvgIpc) is 1.85. The van der Waals surface area contributed by atoms with Gasteiger partial charge in [-0.25, -0.2) is 0 Å². The van der Waals surface area contributed by atoms with Crippen LogP contribution in [-0.2, 0) is 4.74 Å². The van der Waals surface area contributed by atoms with Gasteiger partial charge in [0.05, 0.1) is 6.10 Å². The van der Waals surface area contributed by atoms with E-state index in [0.29, 0.717) is 12.0 Å². The standard InChI is InChI=1S/C6H11ClO/c1-4-3-6(7)8-5(4)2/h4-6H,3H2,1-2H3/t4?,5-,6+/m0/s1. The maximum atomic E-state index is 5.68. The zero-order valence-corrected chi connectivity index (χ0v) is 5.98. The molecule has 3 atom stereocenters. The second kappa shape index (κ2) is 2.24. The van der Waals surface area contributed by atoms with Crippen molar-refractivity contribution in [1.29, 1.82) is 0 Å². The third kappa shape index (κ3) is 1.15. The van der Waals surface area contributed by atoms with Gasteiger partial charge in [-0.05, 0) is 19.3 Å². The van der Waals surface area contributed by atoms with Gasteiger partial charge in [-0.3, -0.25) is 0 Å². The molecule has 1 fully saturated rings. The molecule has 48 valence electrons. The smallest absolute Gasteiger partial charge is 0.131 e. The molecule has 0 aromatic carbocycles. The zero-order valence-electron chi connectivity index (χ0n) is 5.23. The van der Waals surface area contributed by atoms with Gasteiger partial charge in [0.25, 0.3) is 0 Å². The van der Waals surface area contributed by atoms with E-state index in [1.807, 2.05) is 0 Å². The summed E-state index contributed by atoms with van der Waals surface area (Å²) in [6, 6.07) is 0. The van der Waals surface area contributed by atoms with Gasteiger partial charge >= 0.3 is 0 Å². The molecule has 1 aliphatic heterocycles. The van der Waals surface area contributed by atoms with Gasteiger partial charge in [0.15, 0.2) is 0 Å². The van der Waals surface area contributed by atoms with Crippen LogP contribution < -0.4 is 0 Å². The molecule has 1 rings (SSSR count). The number of ether oxygens (including phenoxy) is 1. The fourth-order valence-corrected chi connectivity index (χ4v) is 1.35. The maximum absolute atomic E-state index is 5.68. The molecule has 8 heavy (non-hydrogen) atoms. The molecular weight excluding hydrogens is 124 g/mol. The van der Waals surface area contributed by atoms with Crippen molar-refractivity contribution >= 4 is 11.6 Å². The molecule has 1 saturated heterocycles. The second-order valence-corrected chi connectivity index (χ2v) is 2.95. The van der Waals surface area contributed by atoms with Gasteiger partial charge in [-0.2, -0.15) is 0 Å². The van der Waals surface area contributed by atoms with Gasteiger partial charge in [0.2, 0.25) is 0 Å². The molecule has 0 radical (unpaired) electrons. The van der Waals surface area contributed by atoms with Crippen molar-refractivity contribution < 1.29 is 4.74 Å². The minimum absolute atomic E-state index is 0.0278. The molecule has 0 aromatic rings. The monoisotopic (exact) mass is 134 g/mol. The van der Waals surface area contributed by atoms with Crippen LogP contribution in [0.1, 0.15) is 20.3 Å². The van der Waals surface area contributed by atoms with Crippen LogP contribution in [-0.4, -0.2) is 11.7 Å². The number of hydrogen-bond acceptors (Lipinski definition) is 1. The van der Waals surface area contributed by atoms with E-state index in [-0.39, 0.29) is 5.56 Å². The predicted octanol–water partition coefficient (Wildman–Crippen LogP) is 2.00. The molecule has 0 bridgehead atoms. The minimum Gasteiger partial charge on any atom is -0.359 e. The lowest BCUT2D eigenvalue weighted by molar-refractivity contribution is 0.0887. The Morgan fingerprint density at radius 3 is 2.25 bits per heavy atom. The molecule has 0 amide bonds. The number of rotatable bonds is 0. The van der Waals surface area contributed by atoms with Gasteiger partial charge in [-0.15, -0.1) is 0 Å². The van der Waals surface area contributed by atoms with E-state index in [9.17, 15) is 0 Å². The highest BCUT2D eigenvalue weighted by atomic mass is 35.5. The lowest BCUT2D eigenvalue weighted by Gasteiger charge is -2.04. The first kappa shape index (κ1) is 6.37. The van der Waals surface area contributed by atoms with Gasteiger partial charge in [0.1, 0.15) is 5.56 Å². The summed E-state index contributed by atoms with van der Waals surface area (Å²) >= 11 is 5.68. The fourth-order valence-electron chi connectivity index (χ4n) is 0.907. The van der Waals surface area contributed by atoms with Crippen molar-refractivity contribution in [3.05, 3.63) is 0 Å². The summed E-state index contributed by atoms with van der Waals surface area (Å²) in [5, 5.41) is 0. The summed E-state index contributed by atoms with van der Waals surface area (Å²) in [5.74, 6) is 0.637. The zero-order chi connectivity index (χ0) is 6.15. The lowest BCUT2D eigenvalue weighted by Crippen LogP contribution is -2.06. The summed E-state index contributed by atoms with van der Waals surface area (Å²) in [6.07, 6.45) is 1.36. The van der Waals surface area contributed by atoms with Crippen LogP contribution in [0.5, 0.6) is 0 Å². The van der Waals surface area contributed by atoms with Crippen LogP contribution in [0.25, 0.3) is 0 Å². The molecule has 1 nitrogen and oxygen atoms in total. The van der Waals surface area contributed by atoms with Crippen molar-refractivity contribution in [3.63, 3.8) is 0 Å². The highest BCUT2D eigenvalue weighted by Crippen LogP contribution is 2.27. The Balaban J connectivity index is 2.39. The minimum atomic E-state index is -0.0278. The Hall–Kier alpha value is 0.250. The van der Waals surface area contributed by atoms with Crippen LogP contribution in [0, 0.1) is 5.92 Å². The van der Waals surface area contributed by atoms with Gasteiger partial charge in [-0.1, -0.05) is 18.5 Å². The summed E-state index contributed by atoms with van der Waals surface area (Å²) < 4.78 is 5.24. The Labute approximate surface area is 55.0 Å². The molecule has 0 N–H and O–H groups in total. The molecule has 2 heteroatoms. The van der Waals surface area contributed by atoms with Crippen molar-refractivity contribution in [2.24, 2.45) is 5.92 Å². The lowest BCUT2D eigenvalue weighted by atomic mass is 10.1. The molecule has 0 saturated carbocycles. The van der Waals surface area contributed by atoms with Crippen LogP contribution >= 0.6 is 11.6 Å². The number of alkyl halides is 1. The van der Waals surface area contributed by atoms with E-state index in [2.05, 4.69) is 13.8 Å². The highest BCUT2D eigenvalue weighted by molar-refractivity contribution is 6.19. The topological polar surface area (TPSA) is 9.23 Å². The first-order valence-electron chi connectivity index (χ1n) is 2.99. The van der Waals surface area contributed by atoms with E-state index in [1.165, 1.54) is 0 Å². The SMILES string of the molecule is CC1C[C@H](Cl)O[C@H]1C. The fraction of sp³-hybridized carbons (Fsp3) is 1.00. The normalized spacial score (nSPS) is 47.6. The average molecular weight is 135 g/mol. The number of hydrogen-bond donors (Lipinski definition) is 0.